The van der Waals surface area contributed by atoms with Gasteiger partial charge in [0.15, 0.2) is 8.32 Å². The molecule has 0 aliphatic rings. The van der Waals surface area contributed by atoms with Gasteiger partial charge in [0.25, 0.3) is 0 Å². The molecule has 0 radical (unpaired) electrons. The molecule has 0 rings (SSSR count). The fourth-order valence-electron chi connectivity index (χ4n) is 2.30. The van der Waals surface area contributed by atoms with Crippen molar-refractivity contribution in [1.29, 1.82) is 0 Å². The predicted molar refractivity (Wildman–Crippen MR) is 118 cm³/mol. The molecule has 0 unspecified atom stereocenters. The average molecular weight is 363 g/mol. The Balaban J connectivity index is 3.40. The number of hydrogen-bond acceptors (Lipinski definition) is 1. The van der Waals surface area contributed by atoms with Crippen LogP contribution in [0.25, 0.3) is 0 Å². The van der Waals surface area contributed by atoms with Crippen molar-refractivity contribution in [2.75, 3.05) is 6.61 Å². The van der Waals surface area contributed by atoms with E-state index in [2.05, 4.69) is 75.2 Å². The molecule has 0 spiro atoms. The highest BCUT2D eigenvalue weighted by molar-refractivity contribution is 6.69. The van der Waals surface area contributed by atoms with Crippen molar-refractivity contribution >= 4 is 8.32 Å². The molecular weight excluding hydrogens is 320 g/mol. The van der Waals surface area contributed by atoms with Crippen LogP contribution in [0, 0.1) is 0 Å². The Bertz CT molecular complexity index is 385. The van der Waals surface area contributed by atoms with Crippen LogP contribution in [0.1, 0.15) is 71.1 Å². The van der Waals surface area contributed by atoms with Gasteiger partial charge in [0.1, 0.15) is 0 Å². The molecule has 0 aliphatic carbocycles. The van der Waals surface area contributed by atoms with Gasteiger partial charge >= 0.3 is 0 Å². The van der Waals surface area contributed by atoms with Crippen molar-refractivity contribution in [3.05, 3.63) is 48.6 Å². The lowest BCUT2D eigenvalue weighted by atomic mass is 10.2. The quantitative estimate of drug-likeness (QED) is 0.154. The molecule has 0 aromatic rings. The summed E-state index contributed by atoms with van der Waals surface area (Å²) in [6, 6.07) is 0. The van der Waals surface area contributed by atoms with E-state index in [1.165, 1.54) is 44.9 Å². The third kappa shape index (κ3) is 23.1. The molecule has 0 atom stereocenters. The van der Waals surface area contributed by atoms with Gasteiger partial charge in [0.05, 0.1) is 0 Å². The average Bonchev–Trinajstić information content (AvgIpc) is 2.56. The third-order valence-electron chi connectivity index (χ3n) is 3.76. The first-order valence-corrected chi connectivity index (χ1v) is 13.7. The minimum atomic E-state index is -1.31. The van der Waals surface area contributed by atoms with Gasteiger partial charge in [-0.1, -0.05) is 68.4 Å². The second-order valence-corrected chi connectivity index (χ2v) is 12.1. The van der Waals surface area contributed by atoms with Crippen LogP contribution in [0.2, 0.25) is 19.6 Å². The molecule has 0 aliphatic heterocycles. The lowest BCUT2D eigenvalue weighted by Crippen LogP contribution is -2.25. The second kappa shape index (κ2) is 17.9. The van der Waals surface area contributed by atoms with Gasteiger partial charge in [-0.2, -0.15) is 0 Å². The summed E-state index contributed by atoms with van der Waals surface area (Å²) in [6.07, 6.45) is 30.2. The van der Waals surface area contributed by atoms with E-state index in [1.807, 2.05) is 0 Å². The SMILES string of the molecule is CCCCCC=CCC=CCC=CCC=CCCCCO[Si](C)(C)C. The lowest BCUT2D eigenvalue weighted by Gasteiger charge is -2.16. The number of allylic oxidation sites excluding steroid dienone is 8. The highest BCUT2D eigenvalue weighted by Crippen LogP contribution is 2.06. The predicted octanol–water partition coefficient (Wildman–Crippen LogP) is 7.98. The zero-order valence-corrected chi connectivity index (χ0v) is 18.3. The van der Waals surface area contributed by atoms with Gasteiger partial charge in [0, 0.05) is 6.61 Å². The van der Waals surface area contributed by atoms with Crippen molar-refractivity contribution in [1.82, 2.24) is 0 Å². The van der Waals surface area contributed by atoms with Crippen molar-refractivity contribution in [2.24, 2.45) is 0 Å². The Hall–Kier alpha value is -0.863. The smallest absolute Gasteiger partial charge is 0.183 e. The van der Waals surface area contributed by atoms with E-state index < -0.39 is 8.32 Å². The minimum absolute atomic E-state index is 0.934. The molecule has 25 heavy (non-hydrogen) atoms. The molecule has 0 saturated heterocycles. The molecule has 0 aromatic heterocycles. The van der Waals surface area contributed by atoms with Gasteiger partial charge in [0.2, 0.25) is 0 Å². The summed E-state index contributed by atoms with van der Waals surface area (Å²) in [6.45, 7) is 9.94. The Kier molecular flexibility index (Phi) is 17.3. The molecule has 2 heteroatoms. The second-order valence-electron chi connectivity index (χ2n) is 7.55. The van der Waals surface area contributed by atoms with Crippen molar-refractivity contribution in [3.63, 3.8) is 0 Å². The first kappa shape index (κ1) is 24.1. The topological polar surface area (TPSA) is 9.23 Å². The number of rotatable bonds is 16. The maximum atomic E-state index is 5.85. The van der Waals surface area contributed by atoms with Crippen LogP contribution in [-0.4, -0.2) is 14.9 Å². The molecule has 1 nitrogen and oxygen atoms in total. The Morgan fingerprint density at radius 2 is 1.04 bits per heavy atom. The standard InChI is InChI=1S/C23H42OSi/c1-5-6-7-8-9-10-11-12-13-14-15-16-17-18-19-20-21-22-23-24-25(2,3)4/h9-10,12-13,15-16,18-19H,5-8,11,14,17,20-23H2,1-4H3. The fourth-order valence-corrected chi connectivity index (χ4v) is 3.06. The van der Waals surface area contributed by atoms with Crippen LogP contribution < -0.4 is 0 Å². The van der Waals surface area contributed by atoms with Crippen LogP contribution in [-0.2, 0) is 4.43 Å². The third-order valence-corrected chi connectivity index (χ3v) is 4.83. The summed E-state index contributed by atoms with van der Waals surface area (Å²) >= 11 is 0. The van der Waals surface area contributed by atoms with E-state index in [9.17, 15) is 0 Å². The van der Waals surface area contributed by atoms with Crippen LogP contribution in [0.15, 0.2) is 48.6 Å². The van der Waals surface area contributed by atoms with E-state index >= 15 is 0 Å². The van der Waals surface area contributed by atoms with E-state index in [4.69, 9.17) is 4.43 Å². The van der Waals surface area contributed by atoms with Crippen LogP contribution in [0.4, 0.5) is 0 Å². The van der Waals surface area contributed by atoms with Gasteiger partial charge in [-0.05, 0) is 71.0 Å². The molecular formula is C23H42OSi. The van der Waals surface area contributed by atoms with Gasteiger partial charge in [-0.3, -0.25) is 0 Å². The first-order valence-electron chi connectivity index (χ1n) is 10.3. The molecule has 0 aromatic carbocycles. The molecule has 0 N–H and O–H groups in total. The maximum absolute atomic E-state index is 5.85. The summed E-state index contributed by atoms with van der Waals surface area (Å²) in [7, 11) is -1.31. The summed E-state index contributed by atoms with van der Waals surface area (Å²) in [5, 5.41) is 0. The van der Waals surface area contributed by atoms with Gasteiger partial charge in [-0.15, -0.1) is 0 Å². The fraction of sp³-hybridized carbons (Fsp3) is 0.652. The summed E-state index contributed by atoms with van der Waals surface area (Å²) < 4.78 is 5.85. The Morgan fingerprint density at radius 1 is 0.600 bits per heavy atom. The lowest BCUT2D eigenvalue weighted by molar-refractivity contribution is 0.301. The van der Waals surface area contributed by atoms with Crippen molar-refractivity contribution in [2.45, 2.75) is 90.8 Å². The van der Waals surface area contributed by atoms with Crippen LogP contribution in [0.5, 0.6) is 0 Å². The number of unbranched alkanes of at least 4 members (excludes halogenated alkanes) is 5. The summed E-state index contributed by atoms with van der Waals surface area (Å²) in [5.41, 5.74) is 0. The van der Waals surface area contributed by atoms with E-state index in [0.717, 1.165) is 25.9 Å². The Morgan fingerprint density at radius 3 is 1.48 bits per heavy atom. The number of hydrogen-bond donors (Lipinski definition) is 0. The Labute approximate surface area is 159 Å². The zero-order chi connectivity index (χ0) is 18.6. The van der Waals surface area contributed by atoms with Crippen LogP contribution >= 0.6 is 0 Å². The molecule has 0 bridgehead atoms. The van der Waals surface area contributed by atoms with Gasteiger partial charge < -0.3 is 4.43 Å². The summed E-state index contributed by atoms with van der Waals surface area (Å²) in [5.74, 6) is 0. The normalized spacial score (nSPS) is 13.3. The van der Waals surface area contributed by atoms with Gasteiger partial charge in [-0.25, -0.2) is 0 Å². The van der Waals surface area contributed by atoms with E-state index in [-0.39, 0.29) is 0 Å². The molecule has 0 amide bonds. The first-order chi connectivity index (χ1) is 12.1. The van der Waals surface area contributed by atoms with E-state index in [0.29, 0.717) is 0 Å². The molecule has 0 saturated carbocycles. The van der Waals surface area contributed by atoms with Crippen molar-refractivity contribution < 1.29 is 4.43 Å². The largest absolute Gasteiger partial charge is 0.418 e. The molecule has 144 valence electrons. The zero-order valence-electron chi connectivity index (χ0n) is 17.3. The monoisotopic (exact) mass is 362 g/mol. The molecule has 0 fully saturated rings. The maximum Gasteiger partial charge on any atom is 0.183 e. The van der Waals surface area contributed by atoms with Crippen LogP contribution in [0.3, 0.4) is 0 Å². The molecule has 0 heterocycles. The summed E-state index contributed by atoms with van der Waals surface area (Å²) in [4.78, 5) is 0. The van der Waals surface area contributed by atoms with E-state index in [1.54, 1.807) is 0 Å². The minimum Gasteiger partial charge on any atom is -0.418 e. The van der Waals surface area contributed by atoms with Crippen molar-refractivity contribution in [3.8, 4) is 0 Å². The highest BCUT2D eigenvalue weighted by atomic mass is 28.4. The highest BCUT2D eigenvalue weighted by Gasteiger charge is 2.12.